The third-order valence-electron chi connectivity index (χ3n) is 9.23. The Morgan fingerprint density at radius 2 is 0.787 bits per heavy atom. The number of carbonyl (C=O) groups excluding carboxylic acids is 3. The van der Waals surface area contributed by atoms with Gasteiger partial charge in [0.15, 0.2) is 6.10 Å². The summed E-state index contributed by atoms with van der Waals surface area (Å²) in [4.78, 5) is 37.7. The van der Waals surface area contributed by atoms with E-state index in [2.05, 4.69) is 106 Å². The van der Waals surface area contributed by atoms with E-state index in [0.717, 1.165) is 89.9 Å². The largest absolute Gasteiger partial charge is 0.462 e. The van der Waals surface area contributed by atoms with Crippen molar-refractivity contribution in [2.75, 3.05) is 13.2 Å². The molecule has 0 radical (unpaired) electrons. The molecule has 340 valence electrons. The molecule has 0 aliphatic rings. The van der Waals surface area contributed by atoms with Gasteiger partial charge in [-0.1, -0.05) is 199 Å². The molecular formula is C55H84O6. The van der Waals surface area contributed by atoms with Crippen LogP contribution in [0.15, 0.2) is 134 Å². The van der Waals surface area contributed by atoms with Crippen LogP contribution in [0.2, 0.25) is 0 Å². The average molecular weight is 841 g/mol. The SMILES string of the molecule is CC/C=C\C/C=C\C/C=C\C/C=C\C/C=C\CCC(=O)OC(COC(=O)CCC/C=C\CCCCCC)COC(=O)CCCCCCC\C=C/C=C\C=C/C=C\C=C/CCC. The van der Waals surface area contributed by atoms with Gasteiger partial charge in [0.2, 0.25) is 0 Å². The van der Waals surface area contributed by atoms with Gasteiger partial charge in [-0.25, -0.2) is 0 Å². The van der Waals surface area contributed by atoms with Crippen molar-refractivity contribution in [1.82, 2.24) is 0 Å². The molecule has 0 rings (SSSR count). The predicted octanol–water partition coefficient (Wildman–Crippen LogP) is 15.5. The van der Waals surface area contributed by atoms with Gasteiger partial charge in [-0.3, -0.25) is 14.4 Å². The molecule has 0 aliphatic carbocycles. The summed E-state index contributed by atoms with van der Waals surface area (Å²) < 4.78 is 16.6. The summed E-state index contributed by atoms with van der Waals surface area (Å²) in [7, 11) is 0. The number of unbranched alkanes of at least 4 members (excludes halogenated alkanes) is 11. The number of ether oxygens (including phenoxy) is 3. The van der Waals surface area contributed by atoms with Crippen LogP contribution in [0.5, 0.6) is 0 Å². The molecule has 0 amide bonds. The average Bonchev–Trinajstić information content (AvgIpc) is 3.26. The quantitative estimate of drug-likeness (QED) is 0.0201. The van der Waals surface area contributed by atoms with E-state index in [-0.39, 0.29) is 38.0 Å². The highest BCUT2D eigenvalue weighted by atomic mass is 16.6. The lowest BCUT2D eigenvalue weighted by atomic mass is 10.1. The van der Waals surface area contributed by atoms with Crippen LogP contribution >= 0.6 is 0 Å². The normalized spacial score (nSPS) is 13.3. The first-order chi connectivity index (χ1) is 30.0. The first-order valence-electron chi connectivity index (χ1n) is 23.8. The van der Waals surface area contributed by atoms with Gasteiger partial charge in [0.1, 0.15) is 13.2 Å². The van der Waals surface area contributed by atoms with Crippen LogP contribution in [0.1, 0.15) is 175 Å². The fourth-order valence-corrected chi connectivity index (χ4v) is 5.70. The second-order valence-corrected chi connectivity index (χ2v) is 15.0. The first kappa shape index (κ1) is 56.5. The summed E-state index contributed by atoms with van der Waals surface area (Å²) >= 11 is 0. The van der Waals surface area contributed by atoms with Gasteiger partial charge in [0.05, 0.1) is 0 Å². The smallest absolute Gasteiger partial charge is 0.306 e. The highest BCUT2D eigenvalue weighted by Crippen LogP contribution is 2.10. The van der Waals surface area contributed by atoms with E-state index >= 15 is 0 Å². The van der Waals surface area contributed by atoms with Gasteiger partial charge in [-0.15, -0.1) is 0 Å². The summed E-state index contributed by atoms with van der Waals surface area (Å²) in [5, 5.41) is 0. The molecule has 0 N–H and O–H groups in total. The maximum atomic E-state index is 12.7. The molecule has 0 aromatic rings. The van der Waals surface area contributed by atoms with Crippen molar-refractivity contribution in [1.29, 1.82) is 0 Å². The van der Waals surface area contributed by atoms with Crippen LogP contribution < -0.4 is 0 Å². The van der Waals surface area contributed by atoms with Crippen molar-refractivity contribution in [3.05, 3.63) is 134 Å². The molecule has 0 saturated carbocycles. The Morgan fingerprint density at radius 3 is 1.34 bits per heavy atom. The van der Waals surface area contributed by atoms with Crippen molar-refractivity contribution in [3.63, 3.8) is 0 Å². The lowest BCUT2D eigenvalue weighted by Gasteiger charge is -2.18. The Hall–Kier alpha value is -4.45. The van der Waals surface area contributed by atoms with Gasteiger partial charge in [-0.05, 0) is 89.9 Å². The minimum absolute atomic E-state index is 0.135. The minimum atomic E-state index is -0.842. The molecule has 0 aromatic heterocycles. The highest BCUT2D eigenvalue weighted by Gasteiger charge is 2.19. The van der Waals surface area contributed by atoms with Crippen molar-refractivity contribution in [2.24, 2.45) is 0 Å². The monoisotopic (exact) mass is 841 g/mol. The van der Waals surface area contributed by atoms with Crippen molar-refractivity contribution >= 4 is 17.9 Å². The predicted molar refractivity (Wildman–Crippen MR) is 260 cm³/mol. The Morgan fingerprint density at radius 1 is 0.361 bits per heavy atom. The Labute approximate surface area is 373 Å². The van der Waals surface area contributed by atoms with E-state index < -0.39 is 12.1 Å². The lowest BCUT2D eigenvalue weighted by Crippen LogP contribution is -2.30. The molecule has 0 aliphatic heterocycles. The number of allylic oxidation sites excluding steroid dienone is 22. The standard InChI is InChI=1S/C55H84O6/c1-4-7-10-13-16-19-21-23-25-27-28-30-31-33-36-39-42-45-48-54(57)60-51-52(50-59-53(56)47-44-41-38-35-18-15-12-9-6-3)61-55(58)49-46-43-40-37-34-32-29-26-24-22-20-17-14-11-8-5-2/h8,10-11,13,16-17,19-21,23-28,30,32,34-35,38,40,43,52H,4-7,9,12,14-15,18,22,29,31,33,36-37,39,41-42,44-51H2,1-3H3/b11-8-,13-10-,19-16-,20-17-,23-21-,26-24-,27-25-,30-28-,34-32-,38-35-,43-40-. The summed E-state index contributed by atoms with van der Waals surface area (Å²) in [6, 6.07) is 0. The lowest BCUT2D eigenvalue weighted by molar-refractivity contribution is -0.166. The molecule has 0 fully saturated rings. The van der Waals surface area contributed by atoms with Crippen LogP contribution in [0, 0.1) is 0 Å². The molecule has 61 heavy (non-hydrogen) atoms. The molecule has 0 spiro atoms. The fraction of sp³-hybridized carbons (Fsp3) is 0.545. The molecule has 6 nitrogen and oxygen atoms in total. The summed E-state index contributed by atoms with van der Waals surface area (Å²) in [6.07, 6.45) is 67.3. The van der Waals surface area contributed by atoms with E-state index in [1.54, 1.807) is 0 Å². The third-order valence-corrected chi connectivity index (χ3v) is 9.23. The van der Waals surface area contributed by atoms with Gasteiger partial charge in [0.25, 0.3) is 0 Å². The minimum Gasteiger partial charge on any atom is -0.462 e. The van der Waals surface area contributed by atoms with E-state index in [4.69, 9.17) is 14.2 Å². The Kier molecular flexibility index (Phi) is 44.7. The van der Waals surface area contributed by atoms with Gasteiger partial charge >= 0.3 is 17.9 Å². The molecule has 1 unspecified atom stereocenters. The topological polar surface area (TPSA) is 78.9 Å². The zero-order valence-electron chi connectivity index (χ0n) is 38.6. The number of hydrogen-bond donors (Lipinski definition) is 0. The highest BCUT2D eigenvalue weighted by molar-refractivity contribution is 5.71. The summed E-state index contributed by atoms with van der Waals surface area (Å²) in [5.74, 6) is -1.09. The van der Waals surface area contributed by atoms with Crippen molar-refractivity contribution in [3.8, 4) is 0 Å². The van der Waals surface area contributed by atoms with Crippen LogP contribution in [0.4, 0.5) is 0 Å². The molecule has 0 bridgehead atoms. The van der Waals surface area contributed by atoms with E-state index in [9.17, 15) is 14.4 Å². The molecule has 0 aromatic carbocycles. The summed E-state index contributed by atoms with van der Waals surface area (Å²) in [5.41, 5.74) is 0. The van der Waals surface area contributed by atoms with Crippen LogP contribution in [0.3, 0.4) is 0 Å². The number of carbonyl (C=O) groups is 3. The zero-order chi connectivity index (χ0) is 44.4. The second-order valence-electron chi connectivity index (χ2n) is 15.0. The number of hydrogen-bond acceptors (Lipinski definition) is 6. The van der Waals surface area contributed by atoms with Crippen LogP contribution in [-0.2, 0) is 28.6 Å². The van der Waals surface area contributed by atoms with Crippen LogP contribution in [-0.4, -0.2) is 37.2 Å². The van der Waals surface area contributed by atoms with Gasteiger partial charge in [0, 0.05) is 19.3 Å². The fourth-order valence-electron chi connectivity index (χ4n) is 5.70. The molecule has 6 heteroatoms. The summed E-state index contributed by atoms with van der Waals surface area (Å²) in [6.45, 7) is 6.25. The molecule has 0 saturated heterocycles. The van der Waals surface area contributed by atoms with Crippen LogP contribution in [0.25, 0.3) is 0 Å². The third kappa shape index (κ3) is 46.5. The number of esters is 3. The van der Waals surface area contributed by atoms with Gasteiger partial charge in [-0.2, -0.15) is 0 Å². The maximum absolute atomic E-state index is 12.7. The van der Waals surface area contributed by atoms with E-state index in [1.165, 1.54) is 32.1 Å². The van der Waals surface area contributed by atoms with E-state index in [0.29, 0.717) is 19.3 Å². The second kappa shape index (κ2) is 48.2. The Balaban J connectivity index is 4.57. The van der Waals surface area contributed by atoms with E-state index in [1.807, 2.05) is 48.6 Å². The molecular weight excluding hydrogens is 757 g/mol. The molecule has 0 heterocycles. The van der Waals surface area contributed by atoms with Crippen molar-refractivity contribution < 1.29 is 28.6 Å². The first-order valence-corrected chi connectivity index (χ1v) is 23.8. The zero-order valence-corrected chi connectivity index (χ0v) is 38.6. The maximum Gasteiger partial charge on any atom is 0.306 e. The number of rotatable bonds is 40. The molecule has 1 atom stereocenters. The van der Waals surface area contributed by atoms with Gasteiger partial charge < -0.3 is 14.2 Å². The van der Waals surface area contributed by atoms with Crippen molar-refractivity contribution in [2.45, 2.75) is 181 Å². The Bertz CT molecular complexity index is 1380.